The SMILES string of the molecule is CCc1nc(N)c(C)c(SCC(=O)OC)n1. The fourth-order valence-corrected chi connectivity index (χ4v) is 1.91. The van der Waals surface area contributed by atoms with Gasteiger partial charge in [0.2, 0.25) is 0 Å². The first-order chi connectivity index (χ1) is 7.58. The maximum atomic E-state index is 11.0. The van der Waals surface area contributed by atoms with Gasteiger partial charge in [-0.3, -0.25) is 4.79 Å². The molecule has 0 spiro atoms. The molecule has 2 N–H and O–H groups in total. The highest BCUT2D eigenvalue weighted by Gasteiger charge is 2.10. The van der Waals surface area contributed by atoms with Gasteiger partial charge in [-0.25, -0.2) is 9.97 Å². The summed E-state index contributed by atoms with van der Waals surface area (Å²) >= 11 is 1.32. The van der Waals surface area contributed by atoms with Crippen molar-refractivity contribution in [2.45, 2.75) is 25.3 Å². The first-order valence-electron chi connectivity index (χ1n) is 4.91. The fourth-order valence-electron chi connectivity index (χ4n) is 1.04. The lowest BCUT2D eigenvalue weighted by Gasteiger charge is -2.08. The van der Waals surface area contributed by atoms with Crippen LogP contribution in [0.25, 0.3) is 0 Å². The Morgan fingerprint density at radius 2 is 2.19 bits per heavy atom. The molecule has 0 saturated heterocycles. The lowest BCUT2D eigenvalue weighted by Crippen LogP contribution is -2.07. The predicted octanol–water partition coefficient (Wildman–Crippen LogP) is 1.19. The summed E-state index contributed by atoms with van der Waals surface area (Å²) in [6.45, 7) is 3.80. The van der Waals surface area contributed by atoms with Gasteiger partial charge >= 0.3 is 5.97 Å². The molecule has 1 aromatic rings. The van der Waals surface area contributed by atoms with Gasteiger partial charge in [0.15, 0.2) is 0 Å². The molecular formula is C10H15N3O2S. The topological polar surface area (TPSA) is 78.1 Å². The van der Waals surface area contributed by atoms with Gasteiger partial charge in [0, 0.05) is 12.0 Å². The van der Waals surface area contributed by atoms with Crippen LogP contribution >= 0.6 is 11.8 Å². The number of rotatable bonds is 4. The second-order valence-corrected chi connectivity index (χ2v) is 4.14. The molecule has 0 unspecified atom stereocenters. The van der Waals surface area contributed by atoms with E-state index in [1.807, 2.05) is 13.8 Å². The highest BCUT2D eigenvalue weighted by molar-refractivity contribution is 7.99. The van der Waals surface area contributed by atoms with Gasteiger partial charge in [-0.15, -0.1) is 0 Å². The summed E-state index contributed by atoms with van der Waals surface area (Å²) in [6, 6.07) is 0. The molecule has 0 aliphatic carbocycles. The zero-order valence-electron chi connectivity index (χ0n) is 9.61. The molecule has 0 aromatic carbocycles. The molecule has 0 atom stereocenters. The van der Waals surface area contributed by atoms with Gasteiger partial charge in [-0.05, 0) is 6.92 Å². The number of esters is 1. The minimum absolute atomic E-state index is 0.233. The predicted molar refractivity (Wildman–Crippen MR) is 63.3 cm³/mol. The van der Waals surface area contributed by atoms with Crippen LogP contribution in [0.15, 0.2) is 5.03 Å². The number of carbonyl (C=O) groups excluding carboxylic acids is 1. The Balaban J connectivity index is 2.86. The van der Waals surface area contributed by atoms with Gasteiger partial charge in [-0.2, -0.15) is 0 Å². The van der Waals surface area contributed by atoms with Crippen molar-refractivity contribution in [1.29, 1.82) is 0 Å². The molecule has 0 radical (unpaired) electrons. The van der Waals surface area contributed by atoms with Crippen molar-refractivity contribution in [2.24, 2.45) is 0 Å². The number of aryl methyl sites for hydroxylation is 1. The Labute approximate surface area is 98.8 Å². The van der Waals surface area contributed by atoms with Gasteiger partial charge in [0.05, 0.1) is 12.9 Å². The average Bonchev–Trinajstić information content (AvgIpc) is 2.30. The Morgan fingerprint density at radius 3 is 2.75 bits per heavy atom. The largest absolute Gasteiger partial charge is 0.468 e. The molecule has 0 bridgehead atoms. The Bertz CT molecular complexity index is 396. The average molecular weight is 241 g/mol. The van der Waals surface area contributed by atoms with Crippen LogP contribution in [0, 0.1) is 6.92 Å². The molecule has 1 heterocycles. The number of anilines is 1. The number of thioether (sulfide) groups is 1. The van der Waals surface area contributed by atoms with E-state index in [2.05, 4.69) is 14.7 Å². The summed E-state index contributed by atoms with van der Waals surface area (Å²) in [4.78, 5) is 19.5. The Morgan fingerprint density at radius 1 is 1.50 bits per heavy atom. The number of carbonyl (C=O) groups is 1. The van der Waals surface area contributed by atoms with E-state index < -0.39 is 0 Å². The molecule has 1 rings (SSSR count). The third-order valence-corrected chi connectivity index (χ3v) is 3.11. The highest BCUT2D eigenvalue weighted by atomic mass is 32.2. The Hall–Kier alpha value is -1.30. The summed E-state index contributed by atoms with van der Waals surface area (Å²) in [6.07, 6.45) is 0.719. The van der Waals surface area contributed by atoms with Crippen molar-refractivity contribution in [3.05, 3.63) is 11.4 Å². The van der Waals surface area contributed by atoms with E-state index in [1.165, 1.54) is 18.9 Å². The van der Waals surface area contributed by atoms with Crippen LogP contribution in [-0.2, 0) is 16.0 Å². The summed E-state index contributed by atoms with van der Waals surface area (Å²) in [7, 11) is 1.36. The van der Waals surface area contributed by atoms with E-state index in [0.29, 0.717) is 11.6 Å². The van der Waals surface area contributed by atoms with Crippen molar-refractivity contribution in [1.82, 2.24) is 9.97 Å². The Kier molecular flexibility index (Phi) is 4.54. The molecule has 0 saturated carbocycles. The number of hydrogen-bond acceptors (Lipinski definition) is 6. The molecule has 16 heavy (non-hydrogen) atoms. The summed E-state index contributed by atoms with van der Waals surface area (Å²) in [5.41, 5.74) is 6.57. The summed E-state index contributed by atoms with van der Waals surface area (Å²) in [5.74, 6) is 1.12. The maximum Gasteiger partial charge on any atom is 0.316 e. The zero-order valence-corrected chi connectivity index (χ0v) is 10.4. The number of nitrogen functional groups attached to an aromatic ring is 1. The zero-order chi connectivity index (χ0) is 12.1. The van der Waals surface area contributed by atoms with Gasteiger partial charge in [0.25, 0.3) is 0 Å². The maximum absolute atomic E-state index is 11.0. The second kappa shape index (κ2) is 5.69. The monoisotopic (exact) mass is 241 g/mol. The number of aromatic nitrogens is 2. The second-order valence-electron chi connectivity index (χ2n) is 3.17. The van der Waals surface area contributed by atoms with E-state index in [9.17, 15) is 4.79 Å². The number of nitrogens with two attached hydrogens (primary N) is 1. The van der Waals surface area contributed by atoms with Crippen molar-refractivity contribution in [2.75, 3.05) is 18.6 Å². The lowest BCUT2D eigenvalue weighted by molar-refractivity contribution is -0.137. The third kappa shape index (κ3) is 3.10. The third-order valence-electron chi connectivity index (χ3n) is 2.06. The van der Waals surface area contributed by atoms with E-state index in [-0.39, 0.29) is 11.7 Å². The van der Waals surface area contributed by atoms with Crippen molar-refractivity contribution >= 4 is 23.5 Å². The number of nitrogens with zero attached hydrogens (tertiary/aromatic N) is 2. The molecule has 0 aliphatic rings. The normalized spacial score (nSPS) is 10.2. The van der Waals surface area contributed by atoms with Crippen molar-refractivity contribution < 1.29 is 9.53 Å². The smallest absolute Gasteiger partial charge is 0.316 e. The summed E-state index contributed by atoms with van der Waals surface area (Å²) < 4.78 is 4.56. The number of methoxy groups -OCH3 is 1. The fraction of sp³-hybridized carbons (Fsp3) is 0.500. The first-order valence-corrected chi connectivity index (χ1v) is 5.89. The molecule has 0 fully saturated rings. The van der Waals surface area contributed by atoms with Crippen LogP contribution in [0.5, 0.6) is 0 Å². The van der Waals surface area contributed by atoms with E-state index in [0.717, 1.165) is 17.0 Å². The van der Waals surface area contributed by atoms with Crippen LogP contribution in [0.2, 0.25) is 0 Å². The standard InChI is InChI=1S/C10H15N3O2S/c1-4-7-12-9(11)6(2)10(13-7)16-5-8(14)15-3/h4-5H2,1-3H3,(H2,11,12,13). The molecule has 88 valence electrons. The van der Waals surface area contributed by atoms with Gasteiger partial charge < -0.3 is 10.5 Å². The van der Waals surface area contributed by atoms with Crippen LogP contribution < -0.4 is 5.73 Å². The van der Waals surface area contributed by atoms with Gasteiger partial charge in [-0.1, -0.05) is 18.7 Å². The quantitative estimate of drug-likeness (QED) is 0.485. The first kappa shape index (κ1) is 12.8. The van der Waals surface area contributed by atoms with Crippen LogP contribution in [-0.4, -0.2) is 28.8 Å². The van der Waals surface area contributed by atoms with E-state index >= 15 is 0 Å². The lowest BCUT2D eigenvalue weighted by atomic mass is 10.3. The minimum Gasteiger partial charge on any atom is -0.468 e. The van der Waals surface area contributed by atoms with Crippen LogP contribution in [0.4, 0.5) is 5.82 Å². The summed E-state index contributed by atoms with van der Waals surface area (Å²) in [5, 5.41) is 0.745. The van der Waals surface area contributed by atoms with E-state index in [4.69, 9.17) is 5.73 Å². The molecular weight excluding hydrogens is 226 g/mol. The molecule has 0 amide bonds. The number of ether oxygens (including phenoxy) is 1. The molecule has 0 aliphatic heterocycles. The number of hydrogen-bond donors (Lipinski definition) is 1. The molecule has 5 nitrogen and oxygen atoms in total. The van der Waals surface area contributed by atoms with Crippen LogP contribution in [0.1, 0.15) is 18.3 Å². The van der Waals surface area contributed by atoms with Crippen molar-refractivity contribution in [3.63, 3.8) is 0 Å². The highest BCUT2D eigenvalue weighted by Crippen LogP contribution is 2.23. The van der Waals surface area contributed by atoms with Crippen molar-refractivity contribution in [3.8, 4) is 0 Å². The van der Waals surface area contributed by atoms with Gasteiger partial charge in [0.1, 0.15) is 16.7 Å². The molecule has 6 heteroatoms. The van der Waals surface area contributed by atoms with Crippen LogP contribution in [0.3, 0.4) is 0 Å². The minimum atomic E-state index is -0.278. The molecule has 1 aromatic heterocycles. The van der Waals surface area contributed by atoms with E-state index in [1.54, 1.807) is 0 Å².